The summed E-state index contributed by atoms with van der Waals surface area (Å²) >= 11 is 0. The van der Waals surface area contributed by atoms with Crippen LogP contribution in [-0.2, 0) is 9.59 Å². The molecule has 0 radical (unpaired) electrons. The molecule has 0 aliphatic carbocycles. The number of aliphatic hydroxyl groups is 1. The highest BCUT2D eigenvalue weighted by atomic mass is 16.4. The van der Waals surface area contributed by atoms with Crippen LogP contribution in [0.5, 0.6) is 0 Å². The Morgan fingerprint density at radius 1 is 1.27 bits per heavy atom. The van der Waals surface area contributed by atoms with E-state index in [0.717, 1.165) is 0 Å². The van der Waals surface area contributed by atoms with Gasteiger partial charge < -0.3 is 27.4 Å². The van der Waals surface area contributed by atoms with Gasteiger partial charge in [0.15, 0.2) is 11.4 Å². The van der Waals surface area contributed by atoms with Crippen molar-refractivity contribution in [2.75, 3.05) is 0 Å². The number of ketones is 1. The standard InChI is InChI=1S/C8H17N3O4/c1-3(8(10,11)7(14)15)6(13)5(9)4(2)12/h3-5,12H,9-11H2,1-2H3,(H,14,15)/t3?,4-,5+/m1/s1. The van der Waals surface area contributed by atoms with Gasteiger partial charge in [0.1, 0.15) is 0 Å². The third kappa shape index (κ3) is 2.96. The number of aliphatic hydroxyl groups excluding tert-OH is 1. The predicted molar refractivity (Wildman–Crippen MR) is 52.6 cm³/mol. The number of carbonyl (C=O) groups excluding carboxylic acids is 1. The lowest BCUT2D eigenvalue weighted by atomic mass is 9.87. The third-order valence-corrected chi connectivity index (χ3v) is 2.36. The van der Waals surface area contributed by atoms with Crippen LogP contribution in [0, 0.1) is 5.92 Å². The Morgan fingerprint density at radius 3 is 1.93 bits per heavy atom. The Hall–Kier alpha value is -1.02. The van der Waals surface area contributed by atoms with Crippen molar-refractivity contribution in [3.63, 3.8) is 0 Å². The van der Waals surface area contributed by atoms with Gasteiger partial charge in [-0.05, 0) is 6.92 Å². The monoisotopic (exact) mass is 219 g/mol. The number of Topliss-reactive ketones (excluding diaryl/α,β-unsaturated/α-hetero) is 1. The Balaban J connectivity index is 4.79. The van der Waals surface area contributed by atoms with Crippen LogP contribution in [0.2, 0.25) is 0 Å². The molecule has 7 heteroatoms. The van der Waals surface area contributed by atoms with E-state index in [2.05, 4.69) is 0 Å². The van der Waals surface area contributed by atoms with Crippen molar-refractivity contribution in [2.45, 2.75) is 31.7 Å². The van der Waals surface area contributed by atoms with Crippen molar-refractivity contribution in [1.29, 1.82) is 0 Å². The Morgan fingerprint density at radius 2 is 1.67 bits per heavy atom. The molecular weight excluding hydrogens is 202 g/mol. The average Bonchev–Trinajstić information content (AvgIpc) is 2.13. The van der Waals surface area contributed by atoms with Crippen LogP contribution in [0.1, 0.15) is 13.8 Å². The van der Waals surface area contributed by atoms with Gasteiger partial charge in [0.25, 0.3) is 0 Å². The van der Waals surface area contributed by atoms with Gasteiger partial charge in [-0.2, -0.15) is 0 Å². The fourth-order valence-electron chi connectivity index (χ4n) is 0.947. The smallest absolute Gasteiger partial charge is 0.339 e. The summed E-state index contributed by atoms with van der Waals surface area (Å²) in [6.45, 7) is 2.59. The van der Waals surface area contributed by atoms with Gasteiger partial charge in [0.2, 0.25) is 0 Å². The average molecular weight is 219 g/mol. The van der Waals surface area contributed by atoms with Crippen LogP contribution in [0.15, 0.2) is 0 Å². The van der Waals surface area contributed by atoms with Gasteiger partial charge in [0, 0.05) is 0 Å². The zero-order valence-electron chi connectivity index (χ0n) is 8.68. The molecule has 0 aliphatic heterocycles. The SMILES string of the molecule is CC(C(=O)[C@@H](N)[C@@H](C)O)C(N)(N)C(=O)O. The van der Waals surface area contributed by atoms with Crippen LogP contribution in [0.4, 0.5) is 0 Å². The van der Waals surface area contributed by atoms with Crippen molar-refractivity contribution >= 4 is 11.8 Å². The summed E-state index contributed by atoms with van der Waals surface area (Å²) in [5.41, 5.74) is 13.7. The molecule has 0 aromatic carbocycles. The summed E-state index contributed by atoms with van der Waals surface area (Å²) in [5, 5.41) is 17.7. The van der Waals surface area contributed by atoms with Crippen LogP contribution in [0.25, 0.3) is 0 Å². The first-order valence-electron chi connectivity index (χ1n) is 4.40. The Bertz CT molecular complexity index is 265. The van der Waals surface area contributed by atoms with E-state index in [0.29, 0.717) is 0 Å². The molecule has 0 spiro atoms. The van der Waals surface area contributed by atoms with E-state index >= 15 is 0 Å². The second-order valence-electron chi connectivity index (χ2n) is 3.63. The van der Waals surface area contributed by atoms with Crippen LogP contribution >= 0.6 is 0 Å². The minimum absolute atomic E-state index is 0.683. The number of aliphatic carboxylic acids is 1. The number of carboxylic acids is 1. The molecule has 0 heterocycles. The lowest BCUT2D eigenvalue weighted by Crippen LogP contribution is -2.65. The number of carboxylic acid groups (broad SMARTS) is 1. The lowest BCUT2D eigenvalue weighted by molar-refractivity contribution is -0.148. The molecule has 7 nitrogen and oxygen atoms in total. The number of carbonyl (C=O) groups is 2. The second-order valence-corrected chi connectivity index (χ2v) is 3.63. The van der Waals surface area contributed by atoms with Crippen LogP contribution in [0.3, 0.4) is 0 Å². The maximum absolute atomic E-state index is 11.5. The number of hydrogen-bond donors (Lipinski definition) is 5. The first-order valence-corrected chi connectivity index (χ1v) is 4.40. The van der Waals surface area contributed by atoms with E-state index in [4.69, 9.17) is 27.4 Å². The fraction of sp³-hybridized carbons (Fsp3) is 0.750. The summed E-state index contributed by atoms with van der Waals surface area (Å²) in [5.74, 6) is -3.36. The van der Waals surface area contributed by atoms with E-state index in [1.54, 1.807) is 0 Å². The van der Waals surface area contributed by atoms with Gasteiger partial charge >= 0.3 is 5.97 Å². The van der Waals surface area contributed by atoms with Gasteiger partial charge in [-0.1, -0.05) is 6.92 Å². The zero-order valence-corrected chi connectivity index (χ0v) is 8.68. The highest BCUT2D eigenvalue weighted by molar-refractivity contribution is 5.93. The van der Waals surface area contributed by atoms with Gasteiger partial charge in [-0.3, -0.25) is 4.79 Å². The van der Waals surface area contributed by atoms with Gasteiger partial charge in [0.05, 0.1) is 18.1 Å². The molecule has 0 saturated carbocycles. The molecule has 0 rings (SSSR count). The van der Waals surface area contributed by atoms with E-state index in [1.165, 1.54) is 13.8 Å². The van der Waals surface area contributed by atoms with E-state index in [9.17, 15) is 9.59 Å². The molecule has 3 atom stereocenters. The largest absolute Gasteiger partial charge is 0.479 e. The number of rotatable bonds is 5. The molecule has 15 heavy (non-hydrogen) atoms. The van der Waals surface area contributed by atoms with Crippen molar-refractivity contribution < 1.29 is 19.8 Å². The van der Waals surface area contributed by atoms with Crippen molar-refractivity contribution in [1.82, 2.24) is 0 Å². The molecule has 88 valence electrons. The molecule has 0 fully saturated rings. The maximum Gasteiger partial charge on any atom is 0.339 e. The number of hydrogen-bond acceptors (Lipinski definition) is 6. The predicted octanol–water partition coefficient (Wildman–Crippen LogP) is -2.40. The molecule has 1 unspecified atom stereocenters. The van der Waals surface area contributed by atoms with Crippen molar-refractivity contribution in [3.8, 4) is 0 Å². The van der Waals surface area contributed by atoms with E-state index < -0.39 is 35.5 Å². The minimum Gasteiger partial charge on any atom is -0.479 e. The summed E-state index contributed by atoms with van der Waals surface area (Å²) in [4.78, 5) is 22.2. The molecule has 0 aromatic rings. The van der Waals surface area contributed by atoms with E-state index in [1.807, 2.05) is 0 Å². The fourth-order valence-corrected chi connectivity index (χ4v) is 0.947. The van der Waals surface area contributed by atoms with Crippen molar-refractivity contribution in [2.24, 2.45) is 23.1 Å². The second kappa shape index (κ2) is 4.67. The Labute approximate surface area is 87.2 Å². The van der Waals surface area contributed by atoms with Crippen LogP contribution < -0.4 is 17.2 Å². The summed E-state index contributed by atoms with van der Waals surface area (Å²) < 4.78 is 0. The zero-order chi connectivity index (χ0) is 12.4. The molecular formula is C8H17N3O4. The Kier molecular flexibility index (Phi) is 4.35. The quantitative estimate of drug-likeness (QED) is 0.323. The van der Waals surface area contributed by atoms with Gasteiger partial charge in [-0.15, -0.1) is 0 Å². The molecule has 0 saturated heterocycles. The van der Waals surface area contributed by atoms with E-state index in [-0.39, 0.29) is 0 Å². The maximum atomic E-state index is 11.5. The molecule has 0 bridgehead atoms. The lowest BCUT2D eigenvalue weighted by Gasteiger charge is -2.28. The van der Waals surface area contributed by atoms with Gasteiger partial charge in [-0.25, -0.2) is 4.79 Å². The number of nitrogens with two attached hydrogens (primary N) is 3. The molecule has 0 amide bonds. The summed E-state index contributed by atoms with van der Waals surface area (Å²) in [6.07, 6.45) is -1.08. The highest BCUT2D eigenvalue weighted by Crippen LogP contribution is 2.12. The third-order valence-electron chi connectivity index (χ3n) is 2.36. The highest BCUT2D eigenvalue weighted by Gasteiger charge is 2.42. The first-order chi connectivity index (χ1) is 6.62. The summed E-state index contributed by atoms with van der Waals surface area (Å²) in [7, 11) is 0. The van der Waals surface area contributed by atoms with Crippen molar-refractivity contribution in [3.05, 3.63) is 0 Å². The summed E-state index contributed by atoms with van der Waals surface area (Å²) in [6, 6.07) is -1.19. The minimum atomic E-state index is -2.18. The molecule has 0 aromatic heterocycles. The van der Waals surface area contributed by atoms with Crippen LogP contribution in [-0.4, -0.2) is 39.8 Å². The topological polar surface area (TPSA) is 153 Å². The molecule has 8 N–H and O–H groups in total. The molecule has 0 aliphatic rings. The first kappa shape index (κ1) is 14.0. The normalized spacial score (nSPS) is 18.0.